The molecule has 2 aliphatic rings. The van der Waals surface area contributed by atoms with E-state index in [1.807, 2.05) is 12.4 Å². The highest BCUT2D eigenvalue weighted by Crippen LogP contribution is 2.41. The smallest absolute Gasteiger partial charge is 0.0402 e. The Morgan fingerprint density at radius 1 is 1.13 bits per heavy atom. The number of alkyl halides is 1. The second kappa shape index (κ2) is 3.78. The van der Waals surface area contributed by atoms with Gasteiger partial charge in [0, 0.05) is 35.0 Å². The van der Waals surface area contributed by atoms with E-state index in [1.54, 1.807) is 0 Å². The molecule has 80 valence electrons. The number of hydrogen-bond donors (Lipinski definition) is 0. The van der Waals surface area contributed by atoms with Gasteiger partial charge < -0.3 is 4.90 Å². The molecule has 3 heterocycles. The lowest BCUT2D eigenvalue weighted by molar-refractivity contribution is 0.483. The summed E-state index contributed by atoms with van der Waals surface area (Å²) in [6.07, 6.45) is 9.09. The van der Waals surface area contributed by atoms with Gasteiger partial charge >= 0.3 is 0 Å². The number of fused-ring (bicyclic) bond motifs is 2. The van der Waals surface area contributed by atoms with Gasteiger partial charge in [0.25, 0.3) is 0 Å². The summed E-state index contributed by atoms with van der Waals surface area (Å²) in [7, 11) is 0. The fraction of sp³-hybridized carbons (Fsp3) is 0.583. The molecule has 2 bridgehead atoms. The number of anilines is 1. The molecule has 1 aromatic heterocycles. The van der Waals surface area contributed by atoms with Gasteiger partial charge in [-0.15, -0.1) is 0 Å². The van der Waals surface area contributed by atoms with Gasteiger partial charge in [0.15, 0.2) is 0 Å². The molecule has 0 amide bonds. The third-order valence-electron chi connectivity index (χ3n) is 3.64. The number of rotatable bonds is 1. The van der Waals surface area contributed by atoms with E-state index in [0.29, 0.717) is 0 Å². The van der Waals surface area contributed by atoms with Gasteiger partial charge in [-0.2, -0.15) is 0 Å². The lowest BCUT2D eigenvalue weighted by atomic mass is 10.0. The molecule has 0 N–H and O–H groups in total. The third kappa shape index (κ3) is 1.67. The van der Waals surface area contributed by atoms with Crippen LogP contribution in [-0.2, 0) is 0 Å². The van der Waals surface area contributed by atoms with E-state index in [0.717, 1.165) is 16.9 Å². The van der Waals surface area contributed by atoms with Crippen molar-refractivity contribution in [3.05, 3.63) is 24.5 Å². The van der Waals surface area contributed by atoms with Crippen molar-refractivity contribution >= 4 is 21.6 Å². The summed E-state index contributed by atoms with van der Waals surface area (Å²) in [4.78, 5) is 7.43. The van der Waals surface area contributed by atoms with Gasteiger partial charge in [-0.3, -0.25) is 4.98 Å². The first-order valence-corrected chi connectivity index (χ1v) is 6.58. The number of halogens is 1. The van der Waals surface area contributed by atoms with Crippen LogP contribution in [0, 0.1) is 0 Å². The van der Waals surface area contributed by atoms with Crippen LogP contribution in [-0.4, -0.2) is 21.9 Å². The molecule has 2 saturated heterocycles. The highest BCUT2D eigenvalue weighted by atomic mass is 79.9. The fourth-order valence-corrected chi connectivity index (χ4v) is 3.91. The van der Waals surface area contributed by atoms with Crippen molar-refractivity contribution in [3.63, 3.8) is 0 Å². The van der Waals surface area contributed by atoms with Crippen molar-refractivity contribution in [3.8, 4) is 0 Å². The van der Waals surface area contributed by atoms with Gasteiger partial charge in [-0.1, -0.05) is 15.9 Å². The van der Waals surface area contributed by atoms with Crippen molar-refractivity contribution in [2.45, 2.75) is 42.6 Å². The molecule has 2 fully saturated rings. The van der Waals surface area contributed by atoms with Crippen LogP contribution in [0.3, 0.4) is 0 Å². The van der Waals surface area contributed by atoms with E-state index in [1.165, 1.54) is 31.4 Å². The van der Waals surface area contributed by atoms with Crippen LogP contribution in [0.5, 0.6) is 0 Å². The van der Waals surface area contributed by atoms with Gasteiger partial charge in [0.05, 0.1) is 0 Å². The first-order valence-electron chi connectivity index (χ1n) is 5.67. The summed E-state index contributed by atoms with van der Waals surface area (Å²) in [6.45, 7) is 0. The summed E-state index contributed by atoms with van der Waals surface area (Å²) in [5, 5.41) is 0. The summed E-state index contributed by atoms with van der Waals surface area (Å²) < 4.78 is 0. The number of hydrogen-bond acceptors (Lipinski definition) is 2. The van der Waals surface area contributed by atoms with Gasteiger partial charge in [-0.05, 0) is 37.8 Å². The van der Waals surface area contributed by atoms with Gasteiger partial charge in [0.1, 0.15) is 0 Å². The van der Waals surface area contributed by atoms with Crippen molar-refractivity contribution in [2.75, 3.05) is 4.90 Å². The summed E-state index contributed by atoms with van der Waals surface area (Å²) in [5.74, 6) is 0. The van der Waals surface area contributed by atoms with Crippen LogP contribution < -0.4 is 4.90 Å². The molecule has 2 atom stereocenters. The molecule has 0 saturated carbocycles. The number of pyridine rings is 1. The second-order valence-electron chi connectivity index (χ2n) is 4.57. The highest BCUT2D eigenvalue weighted by molar-refractivity contribution is 9.09. The standard InChI is InChI=1S/C12H15BrN2/c13-9-7-11-1-2-12(8-9)15(11)10-3-5-14-6-4-10/h3-6,9,11-12H,1-2,7-8H2. The maximum Gasteiger partial charge on any atom is 0.0402 e. The Balaban J connectivity index is 1.89. The topological polar surface area (TPSA) is 16.1 Å². The van der Waals surface area contributed by atoms with E-state index in [2.05, 4.69) is 37.9 Å². The third-order valence-corrected chi connectivity index (χ3v) is 4.38. The van der Waals surface area contributed by atoms with Crippen LogP contribution in [0.25, 0.3) is 0 Å². The Kier molecular flexibility index (Phi) is 2.43. The summed E-state index contributed by atoms with van der Waals surface area (Å²) >= 11 is 3.77. The molecule has 3 heteroatoms. The van der Waals surface area contributed by atoms with Crippen LogP contribution in [0.4, 0.5) is 5.69 Å². The van der Waals surface area contributed by atoms with Crippen LogP contribution in [0.2, 0.25) is 0 Å². The maximum atomic E-state index is 4.09. The SMILES string of the molecule is BrC1CC2CCC(C1)N2c1ccncc1. The minimum atomic E-state index is 0.730. The zero-order valence-corrected chi connectivity index (χ0v) is 10.2. The summed E-state index contributed by atoms with van der Waals surface area (Å²) in [5.41, 5.74) is 1.36. The molecule has 0 aromatic carbocycles. The molecule has 1 aromatic rings. The van der Waals surface area contributed by atoms with E-state index in [4.69, 9.17) is 0 Å². The minimum Gasteiger partial charge on any atom is -0.365 e. The Hall–Kier alpha value is -0.570. The zero-order valence-electron chi connectivity index (χ0n) is 8.64. The summed E-state index contributed by atoms with van der Waals surface area (Å²) in [6, 6.07) is 5.77. The molecule has 0 aliphatic carbocycles. The van der Waals surface area contributed by atoms with Crippen molar-refractivity contribution in [2.24, 2.45) is 0 Å². The number of aromatic nitrogens is 1. The number of nitrogens with zero attached hydrogens (tertiary/aromatic N) is 2. The number of piperidine rings is 1. The minimum absolute atomic E-state index is 0.730. The largest absolute Gasteiger partial charge is 0.365 e. The first-order chi connectivity index (χ1) is 7.34. The van der Waals surface area contributed by atoms with Crippen molar-refractivity contribution < 1.29 is 0 Å². The molecular formula is C12H15BrN2. The lowest BCUT2D eigenvalue weighted by Gasteiger charge is -2.38. The Bertz CT molecular complexity index is 327. The maximum absolute atomic E-state index is 4.09. The van der Waals surface area contributed by atoms with Gasteiger partial charge in [0.2, 0.25) is 0 Å². The van der Waals surface area contributed by atoms with E-state index in [9.17, 15) is 0 Å². The van der Waals surface area contributed by atoms with Crippen molar-refractivity contribution in [1.29, 1.82) is 0 Å². The average molecular weight is 267 g/mol. The predicted octanol–water partition coefficient (Wildman–Crippen LogP) is 2.98. The van der Waals surface area contributed by atoms with Gasteiger partial charge in [-0.25, -0.2) is 0 Å². The monoisotopic (exact) mass is 266 g/mol. The van der Waals surface area contributed by atoms with Crippen LogP contribution >= 0.6 is 15.9 Å². The fourth-order valence-electron chi connectivity index (χ4n) is 3.05. The molecule has 2 aliphatic heterocycles. The average Bonchev–Trinajstić information content (AvgIpc) is 2.53. The molecule has 2 unspecified atom stereocenters. The van der Waals surface area contributed by atoms with E-state index < -0.39 is 0 Å². The molecular weight excluding hydrogens is 252 g/mol. The Morgan fingerprint density at radius 2 is 1.73 bits per heavy atom. The molecule has 0 spiro atoms. The highest BCUT2D eigenvalue weighted by Gasteiger charge is 2.39. The van der Waals surface area contributed by atoms with Crippen molar-refractivity contribution in [1.82, 2.24) is 4.98 Å². The molecule has 3 rings (SSSR count). The van der Waals surface area contributed by atoms with Crippen LogP contribution in [0.1, 0.15) is 25.7 Å². The Labute approximate surface area is 98.8 Å². The normalized spacial score (nSPS) is 34.5. The quantitative estimate of drug-likeness (QED) is 0.727. The molecule has 0 radical (unpaired) electrons. The zero-order chi connectivity index (χ0) is 10.3. The van der Waals surface area contributed by atoms with Crippen LogP contribution in [0.15, 0.2) is 24.5 Å². The Morgan fingerprint density at radius 3 is 2.33 bits per heavy atom. The second-order valence-corrected chi connectivity index (χ2v) is 5.86. The van der Waals surface area contributed by atoms with E-state index >= 15 is 0 Å². The molecule has 15 heavy (non-hydrogen) atoms. The lowest BCUT2D eigenvalue weighted by Crippen LogP contribution is -2.43. The molecule has 2 nitrogen and oxygen atoms in total. The first kappa shape index (κ1) is 9.64. The van der Waals surface area contributed by atoms with E-state index in [-0.39, 0.29) is 0 Å². The predicted molar refractivity (Wildman–Crippen MR) is 65.5 cm³/mol.